The standard InChI is InChI=1S/C28H34N4O4S/c1-21-17-26(22(2)32(21)19-23-7-12-29-13-8-23)27(33)30-14-9-28(20-30)10-15-31(16-11-28)37(34,35)25-6-4-5-24(18-25)36-3/h4-8,12-13,17-18H,9-11,14-16,19-20H2,1-3H3. The van der Waals surface area contributed by atoms with Gasteiger partial charge in [-0.3, -0.25) is 9.78 Å². The van der Waals surface area contributed by atoms with Crippen molar-refractivity contribution in [2.24, 2.45) is 5.41 Å². The van der Waals surface area contributed by atoms with Gasteiger partial charge in [-0.15, -0.1) is 0 Å². The molecule has 2 fully saturated rings. The highest BCUT2D eigenvalue weighted by atomic mass is 32.2. The number of pyridine rings is 1. The molecule has 5 rings (SSSR count). The molecule has 8 nitrogen and oxygen atoms in total. The number of carbonyl (C=O) groups is 1. The molecule has 0 aliphatic carbocycles. The van der Waals surface area contributed by atoms with Crippen LogP contribution in [0, 0.1) is 19.3 Å². The monoisotopic (exact) mass is 522 g/mol. The second kappa shape index (κ2) is 9.95. The first-order valence-electron chi connectivity index (χ1n) is 12.7. The number of carbonyl (C=O) groups excluding carboxylic acids is 1. The Hall–Kier alpha value is -3.17. The first-order chi connectivity index (χ1) is 17.7. The Kier molecular flexibility index (Phi) is 6.85. The highest BCUT2D eigenvalue weighted by molar-refractivity contribution is 7.89. The SMILES string of the molecule is COc1cccc(S(=O)(=O)N2CCC3(CCN(C(=O)c4cc(C)n(Cc5ccncc5)c4C)C3)CC2)c1. The van der Waals surface area contributed by atoms with Crippen molar-refractivity contribution in [3.8, 4) is 5.75 Å². The lowest BCUT2D eigenvalue weighted by Crippen LogP contribution is -2.44. The number of sulfonamides is 1. The molecular weight excluding hydrogens is 488 g/mol. The zero-order chi connectivity index (χ0) is 26.2. The zero-order valence-electron chi connectivity index (χ0n) is 21.7. The molecule has 0 N–H and O–H groups in total. The Morgan fingerprint density at radius 2 is 1.73 bits per heavy atom. The molecule has 2 aliphatic heterocycles. The van der Waals surface area contributed by atoms with Gasteiger partial charge in [0, 0.05) is 62.6 Å². The van der Waals surface area contributed by atoms with Crippen molar-refractivity contribution in [2.75, 3.05) is 33.3 Å². The Morgan fingerprint density at radius 1 is 1.03 bits per heavy atom. The van der Waals surface area contributed by atoms with Crippen LogP contribution in [0.1, 0.15) is 46.6 Å². The molecule has 4 heterocycles. The van der Waals surface area contributed by atoms with Crippen molar-refractivity contribution in [3.63, 3.8) is 0 Å². The van der Waals surface area contributed by atoms with Gasteiger partial charge in [0.25, 0.3) is 5.91 Å². The number of rotatable bonds is 6. The smallest absolute Gasteiger partial charge is 0.255 e. The van der Waals surface area contributed by atoms with Gasteiger partial charge in [0.1, 0.15) is 5.75 Å². The molecule has 1 aromatic carbocycles. The molecule has 0 radical (unpaired) electrons. The lowest BCUT2D eigenvalue weighted by molar-refractivity contribution is 0.0749. The minimum atomic E-state index is -3.58. The first-order valence-corrected chi connectivity index (χ1v) is 14.2. The van der Waals surface area contributed by atoms with E-state index in [1.54, 1.807) is 41.0 Å². The molecule has 1 amide bonds. The summed E-state index contributed by atoms with van der Waals surface area (Å²) in [7, 11) is -2.05. The van der Waals surface area contributed by atoms with E-state index >= 15 is 0 Å². The van der Waals surface area contributed by atoms with E-state index in [1.165, 1.54) is 7.11 Å². The van der Waals surface area contributed by atoms with Gasteiger partial charge >= 0.3 is 0 Å². The minimum Gasteiger partial charge on any atom is -0.497 e. The molecule has 2 aromatic heterocycles. The second-order valence-electron chi connectivity index (χ2n) is 10.3. The number of benzene rings is 1. The predicted octanol–water partition coefficient (Wildman–Crippen LogP) is 3.87. The summed E-state index contributed by atoms with van der Waals surface area (Å²) in [5.74, 6) is 0.594. The summed E-state index contributed by atoms with van der Waals surface area (Å²) < 4.78 is 35.4. The van der Waals surface area contributed by atoms with E-state index in [4.69, 9.17) is 4.74 Å². The average Bonchev–Trinajstić information content (AvgIpc) is 3.45. The maximum atomic E-state index is 13.6. The Bertz CT molecular complexity index is 1390. The molecule has 0 atom stereocenters. The maximum absolute atomic E-state index is 13.6. The number of aryl methyl sites for hydroxylation is 1. The van der Waals surface area contributed by atoms with Gasteiger partial charge in [-0.25, -0.2) is 8.42 Å². The molecule has 2 saturated heterocycles. The van der Waals surface area contributed by atoms with Crippen LogP contribution in [0.4, 0.5) is 0 Å². The van der Waals surface area contributed by atoms with Crippen molar-refractivity contribution in [1.82, 2.24) is 18.8 Å². The lowest BCUT2D eigenvalue weighted by Gasteiger charge is -2.38. The van der Waals surface area contributed by atoms with Crippen LogP contribution in [0.3, 0.4) is 0 Å². The number of piperidine rings is 1. The molecule has 37 heavy (non-hydrogen) atoms. The molecule has 0 bridgehead atoms. The summed E-state index contributed by atoms with van der Waals surface area (Å²) in [5.41, 5.74) is 3.90. The summed E-state index contributed by atoms with van der Waals surface area (Å²) in [6, 6.07) is 12.6. The average molecular weight is 523 g/mol. The lowest BCUT2D eigenvalue weighted by atomic mass is 9.78. The summed E-state index contributed by atoms with van der Waals surface area (Å²) in [5, 5.41) is 0. The maximum Gasteiger partial charge on any atom is 0.255 e. The molecule has 0 unspecified atom stereocenters. The van der Waals surface area contributed by atoms with E-state index in [2.05, 4.69) is 9.55 Å². The molecule has 0 saturated carbocycles. The second-order valence-corrected chi connectivity index (χ2v) is 12.2. The predicted molar refractivity (Wildman–Crippen MR) is 141 cm³/mol. The largest absolute Gasteiger partial charge is 0.497 e. The van der Waals surface area contributed by atoms with Crippen LogP contribution < -0.4 is 4.74 Å². The van der Waals surface area contributed by atoms with Crippen LogP contribution in [0.15, 0.2) is 59.8 Å². The molecule has 2 aliphatic rings. The van der Waals surface area contributed by atoms with Crippen LogP contribution in [0.5, 0.6) is 5.75 Å². The van der Waals surface area contributed by atoms with Crippen LogP contribution in [0.25, 0.3) is 0 Å². The van der Waals surface area contributed by atoms with Crippen LogP contribution >= 0.6 is 0 Å². The normalized spacial score (nSPS) is 17.9. The number of nitrogens with zero attached hydrogens (tertiary/aromatic N) is 4. The van der Waals surface area contributed by atoms with E-state index in [0.29, 0.717) is 38.5 Å². The van der Waals surface area contributed by atoms with E-state index < -0.39 is 10.0 Å². The van der Waals surface area contributed by atoms with Gasteiger partial charge < -0.3 is 14.2 Å². The van der Waals surface area contributed by atoms with E-state index in [0.717, 1.165) is 41.8 Å². The van der Waals surface area contributed by atoms with E-state index in [9.17, 15) is 13.2 Å². The highest BCUT2D eigenvalue weighted by Crippen LogP contribution is 2.42. The quantitative estimate of drug-likeness (QED) is 0.491. The van der Waals surface area contributed by atoms with E-state index in [1.807, 2.05) is 36.9 Å². The molecular formula is C28H34N4O4S. The number of amides is 1. The van der Waals surface area contributed by atoms with Gasteiger partial charge in [-0.1, -0.05) is 6.07 Å². The Labute approximate surface area is 218 Å². The van der Waals surface area contributed by atoms with Gasteiger partial charge in [0.2, 0.25) is 10.0 Å². The highest BCUT2D eigenvalue weighted by Gasteiger charge is 2.44. The molecule has 9 heteroatoms. The van der Waals surface area contributed by atoms with Crippen molar-refractivity contribution in [1.29, 1.82) is 0 Å². The molecule has 196 valence electrons. The summed E-state index contributed by atoms with van der Waals surface area (Å²) >= 11 is 0. The van der Waals surface area contributed by atoms with E-state index in [-0.39, 0.29) is 16.2 Å². The minimum absolute atomic E-state index is 0.0292. The zero-order valence-corrected chi connectivity index (χ0v) is 22.5. The number of methoxy groups -OCH3 is 1. The molecule has 3 aromatic rings. The summed E-state index contributed by atoms with van der Waals surface area (Å²) in [4.78, 5) is 19.9. The van der Waals surface area contributed by atoms with Crippen molar-refractivity contribution in [3.05, 3.63) is 77.4 Å². The first kappa shape index (κ1) is 25.5. The number of aromatic nitrogens is 2. The fourth-order valence-electron chi connectivity index (χ4n) is 5.73. The van der Waals surface area contributed by atoms with Gasteiger partial charge in [-0.2, -0.15) is 4.31 Å². The summed E-state index contributed by atoms with van der Waals surface area (Å²) in [6.07, 6.45) is 5.97. The number of hydrogen-bond acceptors (Lipinski definition) is 5. The Balaban J connectivity index is 1.25. The third-order valence-electron chi connectivity index (χ3n) is 8.08. The van der Waals surface area contributed by atoms with Gasteiger partial charge in [-0.05, 0) is 74.4 Å². The van der Waals surface area contributed by atoms with Crippen molar-refractivity contribution < 1.29 is 17.9 Å². The van der Waals surface area contributed by atoms with Crippen molar-refractivity contribution >= 4 is 15.9 Å². The number of ether oxygens (including phenoxy) is 1. The van der Waals surface area contributed by atoms with Crippen LogP contribution in [-0.2, 0) is 16.6 Å². The van der Waals surface area contributed by atoms with Crippen molar-refractivity contribution in [2.45, 2.75) is 44.6 Å². The molecule has 1 spiro atoms. The third kappa shape index (κ3) is 4.90. The fraction of sp³-hybridized carbons (Fsp3) is 0.429. The van der Waals surface area contributed by atoms with Gasteiger partial charge in [0.15, 0.2) is 0 Å². The third-order valence-corrected chi connectivity index (χ3v) is 9.98. The summed E-state index contributed by atoms with van der Waals surface area (Å²) in [6.45, 7) is 7.05. The van der Waals surface area contributed by atoms with Gasteiger partial charge in [0.05, 0.1) is 17.6 Å². The fourth-order valence-corrected chi connectivity index (χ4v) is 7.21. The van der Waals surface area contributed by atoms with Crippen LogP contribution in [-0.4, -0.2) is 66.4 Å². The number of likely N-dealkylation sites (tertiary alicyclic amines) is 1. The van der Waals surface area contributed by atoms with Crippen LogP contribution in [0.2, 0.25) is 0 Å². The Morgan fingerprint density at radius 3 is 2.43 bits per heavy atom. The topological polar surface area (TPSA) is 84.7 Å². The number of hydrogen-bond donors (Lipinski definition) is 0.